The molecule has 3 N–H and O–H groups in total. The van der Waals surface area contributed by atoms with Gasteiger partial charge in [-0.05, 0) is 50.6 Å². The van der Waals surface area contributed by atoms with Crippen LogP contribution in [0.4, 0.5) is 11.5 Å². The maximum Gasteiger partial charge on any atom is 0.234 e. The van der Waals surface area contributed by atoms with Gasteiger partial charge in [-0.25, -0.2) is 9.97 Å². The van der Waals surface area contributed by atoms with Crippen LogP contribution in [-0.4, -0.2) is 33.8 Å². The van der Waals surface area contributed by atoms with Crippen molar-refractivity contribution in [2.45, 2.75) is 44.6 Å². The standard InChI is InChI=1S/C21H24N4O3S2/c1-4-27-13-7-5-12(6-8-13)23-16(26)11-29-20-24-18(22)17-14-9-21(2,3)28-10-15(14)30-19(17)25-20/h5-8H,4,9-11H2,1-3H3,(H,23,26)(H2,22,24,25). The summed E-state index contributed by atoms with van der Waals surface area (Å²) in [5.74, 6) is 1.30. The monoisotopic (exact) mass is 444 g/mol. The predicted octanol–water partition coefficient (Wildman–Crippen LogP) is 4.25. The fourth-order valence-corrected chi connectivity index (χ4v) is 5.17. The van der Waals surface area contributed by atoms with Crippen LogP contribution in [0.25, 0.3) is 10.2 Å². The first-order valence-electron chi connectivity index (χ1n) is 9.72. The fourth-order valence-electron chi connectivity index (χ4n) is 3.35. The molecule has 158 valence electrons. The van der Waals surface area contributed by atoms with Crippen molar-refractivity contribution in [1.29, 1.82) is 0 Å². The van der Waals surface area contributed by atoms with E-state index in [0.717, 1.165) is 27.3 Å². The van der Waals surface area contributed by atoms with E-state index in [0.29, 0.717) is 29.9 Å². The van der Waals surface area contributed by atoms with Gasteiger partial charge in [-0.15, -0.1) is 11.3 Å². The van der Waals surface area contributed by atoms with Crippen molar-refractivity contribution in [3.8, 4) is 5.75 Å². The zero-order valence-corrected chi connectivity index (χ0v) is 18.8. The van der Waals surface area contributed by atoms with Gasteiger partial charge in [0.25, 0.3) is 0 Å². The van der Waals surface area contributed by atoms with Gasteiger partial charge in [-0.3, -0.25) is 4.79 Å². The minimum atomic E-state index is -0.222. The van der Waals surface area contributed by atoms with Gasteiger partial charge < -0.3 is 20.5 Å². The highest BCUT2D eigenvalue weighted by Crippen LogP contribution is 2.40. The van der Waals surface area contributed by atoms with E-state index in [1.165, 1.54) is 17.3 Å². The Balaban J connectivity index is 1.43. The average molecular weight is 445 g/mol. The van der Waals surface area contributed by atoms with Crippen LogP contribution in [-0.2, 0) is 22.6 Å². The molecule has 0 saturated heterocycles. The van der Waals surface area contributed by atoms with Gasteiger partial charge in [0.1, 0.15) is 16.4 Å². The highest BCUT2D eigenvalue weighted by atomic mass is 32.2. The fraction of sp³-hybridized carbons (Fsp3) is 0.381. The number of benzene rings is 1. The summed E-state index contributed by atoms with van der Waals surface area (Å²) in [6, 6.07) is 7.28. The second-order valence-corrected chi connectivity index (χ2v) is 9.62. The Hall–Kier alpha value is -2.36. The minimum absolute atomic E-state index is 0.132. The van der Waals surface area contributed by atoms with Crippen molar-refractivity contribution in [1.82, 2.24) is 9.97 Å². The normalized spacial score (nSPS) is 15.0. The molecule has 2 aromatic heterocycles. The Labute approximate surface area is 183 Å². The molecule has 4 rings (SSSR count). The molecule has 9 heteroatoms. The lowest BCUT2D eigenvalue weighted by molar-refractivity contribution is -0.113. The summed E-state index contributed by atoms with van der Waals surface area (Å²) in [5.41, 5.74) is 7.95. The Bertz CT molecular complexity index is 1080. The quantitative estimate of drug-likeness (QED) is 0.433. The summed E-state index contributed by atoms with van der Waals surface area (Å²) in [4.78, 5) is 23.4. The molecule has 0 bridgehead atoms. The van der Waals surface area contributed by atoms with E-state index in [2.05, 4.69) is 29.1 Å². The number of anilines is 2. The number of nitrogen functional groups attached to an aromatic ring is 1. The molecule has 3 heterocycles. The summed E-state index contributed by atoms with van der Waals surface area (Å²) >= 11 is 2.86. The molecule has 0 atom stereocenters. The lowest BCUT2D eigenvalue weighted by Gasteiger charge is -2.30. The molecule has 3 aromatic rings. The van der Waals surface area contributed by atoms with Gasteiger partial charge in [-0.2, -0.15) is 0 Å². The number of rotatable bonds is 6. The van der Waals surface area contributed by atoms with Crippen molar-refractivity contribution in [3.05, 3.63) is 34.7 Å². The van der Waals surface area contributed by atoms with Gasteiger partial charge in [0, 0.05) is 17.0 Å². The third-order valence-corrected chi connectivity index (χ3v) is 6.67. The van der Waals surface area contributed by atoms with Crippen LogP contribution in [0.5, 0.6) is 5.75 Å². The number of amides is 1. The largest absolute Gasteiger partial charge is 0.494 e. The number of ether oxygens (including phenoxy) is 2. The second kappa shape index (κ2) is 8.41. The molecule has 0 spiro atoms. The van der Waals surface area contributed by atoms with E-state index in [1.54, 1.807) is 11.3 Å². The number of hydrogen-bond acceptors (Lipinski definition) is 8. The molecule has 1 aliphatic heterocycles. The maximum atomic E-state index is 12.3. The highest BCUT2D eigenvalue weighted by Gasteiger charge is 2.30. The van der Waals surface area contributed by atoms with Crippen molar-refractivity contribution in [2.24, 2.45) is 0 Å². The second-order valence-electron chi connectivity index (χ2n) is 7.59. The van der Waals surface area contributed by atoms with Crippen LogP contribution in [0.1, 0.15) is 31.2 Å². The lowest BCUT2D eigenvalue weighted by Crippen LogP contribution is -2.31. The molecule has 1 aromatic carbocycles. The number of carbonyl (C=O) groups is 1. The lowest BCUT2D eigenvalue weighted by atomic mass is 9.94. The van der Waals surface area contributed by atoms with Crippen LogP contribution in [0.3, 0.4) is 0 Å². The van der Waals surface area contributed by atoms with Crippen LogP contribution in [0.15, 0.2) is 29.4 Å². The molecule has 0 radical (unpaired) electrons. The van der Waals surface area contributed by atoms with Gasteiger partial charge >= 0.3 is 0 Å². The van der Waals surface area contributed by atoms with Crippen LogP contribution >= 0.6 is 23.1 Å². The zero-order valence-electron chi connectivity index (χ0n) is 17.2. The maximum absolute atomic E-state index is 12.3. The van der Waals surface area contributed by atoms with Gasteiger partial charge in [-0.1, -0.05) is 11.8 Å². The highest BCUT2D eigenvalue weighted by molar-refractivity contribution is 7.99. The summed E-state index contributed by atoms with van der Waals surface area (Å²) in [6.07, 6.45) is 0.785. The predicted molar refractivity (Wildman–Crippen MR) is 121 cm³/mol. The van der Waals surface area contributed by atoms with Crippen molar-refractivity contribution in [2.75, 3.05) is 23.4 Å². The SMILES string of the molecule is CCOc1ccc(NC(=O)CSc2nc(N)c3c4c(sc3n2)COC(C)(C)C4)cc1. The molecule has 7 nitrogen and oxygen atoms in total. The third kappa shape index (κ3) is 4.53. The Morgan fingerprint density at radius 3 is 2.83 bits per heavy atom. The number of aromatic nitrogens is 2. The molecule has 1 aliphatic rings. The summed E-state index contributed by atoms with van der Waals surface area (Å²) in [6.45, 7) is 7.25. The molecule has 0 aliphatic carbocycles. The molecule has 1 amide bonds. The van der Waals surface area contributed by atoms with E-state index in [4.69, 9.17) is 15.2 Å². The number of nitrogens with one attached hydrogen (secondary N) is 1. The van der Waals surface area contributed by atoms with E-state index < -0.39 is 0 Å². The summed E-state index contributed by atoms with van der Waals surface area (Å²) in [7, 11) is 0. The average Bonchev–Trinajstić information content (AvgIpc) is 3.05. The van der Waals surface area contributed by atoms with Crippen LogP contribution < -0.4 is 15.8 Å². The number of hydrogen-bond donors (Lipinski definition) is 2. The first-order valence-corrected chi connectivity index (χ1v) is 11.5. The molecule has 0 saturated carbocycles. The van der Waals surface area contributed by atoms with Crippen molar-refractivity contribution in [3.63, 3.8) is 0 Å². The third-order valence-electron chi connectivity index (χ3n) is 4.72. The summed E-state index contributed by atoms with van der Waals surface area (Å²) < 4.78 is 11.3. The van der Waals surface area contributed by atoms with E-state index in [1.807, 2.05) is 31.2 Å². The van der Waals surface area contributed by atoms with Gasteiger partial charge in [0.05, 0.1) is 30.0 Å². The number of carbonyl (C=O) groups excluding carboxylic acids is 1. The Kier molecular flexibility index (Phi) is 5.86. The Morgan fingerprint density at radius 1 is 1.33 bits per heavy atom. The molecule has 0 fully saturated rings. The smallest absolute Gasteiger partial charge is 0.234 e. The van der Waals surface area contributed by atoms with Gasteiger partial charge in [0.2, 0.25) is 5.91 Å². The van der Waals surface area contributed by atoms with E-state index in [-0.39, 0.29) is 17.3 Å². The summed E-state index contributed by atoms with van der Waals surface area (Å²) in [5, 5.41) is 4.29. The van der Waals surface area contributed by atoms with Crippen LogP contribution in [0, 0.1) is 0 Å². The van der Waals surface area contributed by atoms with Gasteiger partial charge in [0.15, 0.2) is 5.16 Å². The van der Waals surface area contributed by atoms with Crippen molar-refractivity contribution >= 4 is 50.7 Å². The Morgan fingerprint density at radius 2 is 2.10 bits per heavy atom. The number of thiophene rings is 1. The number of nitrogens with zero attached hydrogens (tertiary/aromatic N) is 2. The molecular weight excluding hydrogens is 420 g/mol. The number of fused-ring (bicyclic) bond motifs is 3. The number of thioether (sulfide) groups is 1. The topological polar surface area (TPSA) is 99.4 Å². The first-order chi connectivity index (χ1) is 14.3. The first kappa shape index (κ1) is 20.9. The zero-order chi connectivity index (χ0) is 21.3. The van der Waals surface area contributed by atoms with Crippen molar-refractivity contribution < 1.29 is 14.3 Å². The molecule has 0 unspecified atom stereocenters. The number of nitrogens with two attached hydrogens (primary N) is 1. The van der Waals surface area contributed by atoms with Crippen LogP contribution in [0.2, 0.25) is 0 Å². The minimum Gasteiger partial charge on any atom is -0.494 e. The molecule has 30 heavy (non-hydrogen) atoms. The van der Waals surface area contributed by atoms with E-state index >= 15 is 0 Å². The van der Waals surface area contributed by atoms with E-state index in [9.17, 15) is 4.79 Å². The molecular formula is C21H24N4O3S2.